The Bertz CT molecular complexity index is 808. The van der Waals surface area contributed by atoms with Gasteiger partial charge < -0.3 is 14.4 Å². The average Bonchev–Trinajstić information content (AvgIpc) is 2.84. The van der Waals surface area contributed by atoms with Gasteiger partial charge in [0.15, 0.2) is 0 Å². The largest absolute Gasteiger partial charge is 0.478 e. The SMILES string of the molecule is COCCn1c(C)cc(/C=C(/C#N)c2ccc(C(=O)O)cc2)c1C. The van der Waals surface area contributed by atoms with Gasteiger partial charge in [-0.15, -0.1) is 0 Å². The van der Waals surface area contributed by atoms with Crippen LogP contribution in [0.25, 0.3) is 11.6 Å². The van der Waals surface area contributed by atoms with E-state index in [1.807, 2.05) is 26.0 Å². The molecule has 0 aliphatic heterocycles. The maximum atomic E-state index is 10.9. The Labute approximate surface area is 141 Å². The summed E-state index contributed by atoms with van der Waals surface area (Å²) < 4.78 is 7.28. The van der Waals surface area contributed by atoms with Gasteiger partial charge in [0.2, 0.25) is 0 Å². The number of benzene rings is 1. The molecule has 0 radical (unpaired) electrons. The average molecular weight is 324 g/mol. The van der Waals surface area contributed by atoms with Gasteiger partial charge in [0.25, 0.3) is 0 Å². The smallest absolute Gasteiger partial charge is 0.335 e. The van der Waals surface area contributed by atoms with Crippen molar-refractivity contribution in [3.63, 3.8) is 0 Å². The van der Waals surface area contributed by atoms with E-state index in [-0.39, 0.29) is 5.56 Å². The summed E-state index contributed by atoms with van der Waals surface area (Å²) in [6.07, 6.45) is 1.83. The number of nitriles is 1. The number of carbonyl (C=O) groups is 1. The number of rotatable bonds is 6. The molecule has 0 aliphatic rings. The number of aryl methyl sites for hydroxylation is 1. The van der Waals surface area contributed by atoms with Gasteiger partial charge in [-0.25, -0.2) is 4.79 Å². The van der Waals surface area contributed by atoms with Gasteiger partial charge in [-0.3, -0.25) is 0 Å². The van der Waals surface area contributed by atoms with Crippen LogP contribution >= 0.6 is 0 Å². The first-order valence-corrected chi connectivity index (χ1v) is 7.59. The van der Waals surface area contributed by atoms with Crippen LogP contribution in [0.1, 0.15) is 32.9 Å². The molecule has 0 aliphatic carbocycles. The van der Waals surface area contributed by atoms with Crippen molar-refractivity contribution < 1.29 is 14.6 Å². The lowest BCUT2D eigenvalue weighted by Gasteiger charge is -2.08. The van der Waals surface area contributed by atoms with Crippen molar-refractivity contribution in [1.29, 1.82) is 5.26 Å². The highest BCUT2D eigenvalue weighted by Gasteiger charge is 2.10. The number of aromatic nitrogens is 1. The Morgan fingerprint density at radius 1 is 1.29 bits per heavy atom. The van der Waals surface area contributed by atoms with Gasteiger partial charge in [-0.2, -0.15) is 5.26 Å². The number of carboxylic acid groups (broad SMARTS) is 1. The number of carboxylic acids is 1. The predicted molar refractivity (Wildman–Crippen MR) is 92.7 cm³/mol. The van der Waals surface area contributed by atoms with E-state index >= 15 is 0 Å². The number of hydrogen-bond acceptors (Lipinski definition) is 3. The summed E-state index contributed by atoms with van der Waals surface area (Å²) in [7, 11) is 1.67. The van der Waals surface area contributed by atoms with Crippen molar-refractivity contribution in [1.82, 2.24) is 4.57 Å². The standard InChI is InChI=1S/C19H20N2O3/c1-13-10-17(14(2)21(13)8-9-24-3)11-18(12-20)15-4-6-16(7-5-15)19(22)23/h4-7,10-11H,8-9H2,1-3H3,(H,22,23)/b18-11-. The van der Waals surface area contributed by atoms with Crippen molar-refractivity contribution in [2.75, 3.05) is 13.7 Å². The van der Waals surface area contributed by atoms with Crippen molar-refractivity contribution in [2.45, 2.75) is 20.4 Å². The molecule has 5 heteroatoms. The summed E-state index contributed by atoms with van der Waals surface area (Å²) in [5.74, 6) is -0.981. The summed E-state index contributed by atoms with van der Waals surface area (Å²) in [5.41, 5.74) is 4.55. The molecule has 0 unspecified atom stereocenters. The fourth-order valence-corrected chi connectivity index (χ4v) is 2.63. The first kappa shape index (κ1) is 17.5. The van der Waals surface area contributed by atoms with Gasteiger partial charge in [0.1, 0.15) is 0 Å². The molecule has 0 fully saturated rings. The predicted octanol–water partition coefficient (Wildman–Crippen LogP) is 3.51. The second-order valence-corrected chi connectivity index (χ2v) is 5.52. The Morgan fingerprint density at radius 3 is 2.46 bits per heavy atom. The van der Waals surface area contributed by atoms with Crippen molar-refractivity contribution in [2.24, 2.45) is 0 Å². The first-order chi connectivity index (χ1) is 11.5. The minimum Gasteiger partial charge on any atom is -0.478 e. The molecule has 5 nitrogen and oxygen atoms in total. The fraction of sp³-hybridized carbons (Fsp3) is 0.263. The number of aromatic carboxylic acids is 1. The van der Waals surface area contributed by atoms with Crippen LogP contribution in [-0.2, 0) is 11.3 Å². The lowest BCUT2D eigenvalue weighted by Crippen LogP contribution is -2.07. The molecule has 0 bridgehead atoms. The van der Waals surface area contributed by atoms with E-state index in [1.165, 1.54) is 12.1 Å². The number of allylic oxidation sites excluding steroid dienone is 1. The van der Waals surface area contributed by atoms with Crippen LogP contribution in [-0.4, -0.2) is 29.4 Å². The van der Waals surface area contributed by atoms with Gasteiger partial charge >= 0.3 is 5.97 Å². The molecule has 1 heterocycles. The Kier molecular flexibility index (Phi) is 5.56. The molecule has 1 aromatic heterocycles. The van der Waals surface area contributed by atoms with Crippen LogP contribution in [0.5, 0.6) is 0 Å². The molecule has 1 aromatic carbocycles. The highest BCUT2D eigenvalue weighted by atomic mass is 16.5. The summed E-state index contributed by atoms with van der Waals surface area (Å²) in [6.45, 7) is 5.42. The maximum Gasteiger partial charge on any atom is 0.335 e. The fourth-order valence-electron chi connectivity index (χ4n) is 2.63. The maximum absolute atomic E-state index is 10.9. The van der Waals surface area contributed by atoms with Gasteiger partial charge in [0.05, 0.1) is 23.8 Å². The minimum absolute atomic E-state index is 0.203. The minimum atomic E-state index is -0.981. The lowest BCUT2D eigenvalue weighted by molar-refractivity contribution is 0.0697. The van der Waals surface area contributed by atoms with E-state index in [9.17, 15) is 10.1 Å². The highest BCUT2D eigenvalue weighted by molar-refractivity contribution is 5.92. The van der Waals surface area contributed by atoms with E-state index in [4.69, 9.17) is 9.84 Å². The number of nitrogens with zero attached hydrogens (tertiary/aromatic N) is 2. The molecule has 0 atom stereocenters. The molecule has 2 rings (SSSR count). The van der Waals surface area contributed by atoms with Crippen LogP contribution in [0.15, 0.2) is 30.3 Å². The molecule has 0 saturated carbocycles. The van der Waals surface area contributed by atoms with Crippen LogP contribution in [0, 0.1) is 25.2 Å². The molecule has 0 saturated heterocycles. The third-order valence-electron chi connectivity index (χ3n) is 3.99. The lowest BCUT2D eigenvalue weighted by atomic mass is 10.0. The molecule has 24 heavy (non-hydrogen) atoms. The molecular formula is C19H20N2O3. The van der Waals surface area contributed by atoms with E-state index in [1.54, 1.807) is 19.2 Å². The van der Waals surface area contributed by atoms with Gasteiger partial charge in [-0.05, 0) is 49.2 Å². The second kappa shape index (κ2) is 7.62. The monoisotopic (exact) mass is 324 g/mol. The highest BCUT2D eigenvalue weighted by Crippen LogP contribution is 2.23. The van der Waals surface area contributed by atoms with Crippen molar-refractivity contribution in [3.05, 3.63) is 58.4 Å². The van der Waals surface area contributed by atoms with Gasteiger partial charge in [0, 0.05) is 25.0 Å². The topological polar surface area (TPSA) is 75.2 Å². The zero-order valence-corrected chi connectivity index (χ0v) is 14.0. The molecule has 2 aromatic rings. The van der Waals surface area contributed by atoms with Crippen molar-refractivity contribution >= 4 is 17.6 Å². The number of methoxy groups -OCH3 is 1. The first-order valence-electron chi connectivity index (χ1n) is 7.59. The summed E-state index contributed by atoms with van der Waals surface area (Å²) in [6, 6.07) is 10.6. The Hall–Kier alpha value is -2.84. The second-order valence-electron chi connectivity index (χ2n) is 5.52. The molecule has 124 valence electrons. The van der Waals surface area contributed by atoms with Crippen LogP contribution in [0.2, 0.25) is 0 Å². The van der Waals surface area contributed by atoms with Gasteiger partial charge in [-0.1, -0.05) is 12.1 Å². The number of ether oxygens (including phenoxy) is 1. The van der Waals surface area contributed by atoms with Crippen LogP contribution < -0.4 is 0 Å². The Morgan fingerprint density at radius 2 is 1.92 bits per heavy atom. The van der Waals surface area contributed by atoms with E-state index in [2.05, 4.69) is 10.6 Å². The zero-order chi connectivity index (χ0) is 17.7. The van der Waals surface area contributed by atoms with Crippen LogP contribution in [0.3, 0.4) is 0 Å². The van der Waals surface area contributed by atoms with E-state index < -0.39 is 5.97 Å². The van der Waals surface area contributed by atoms with E-state index in [0.717, 1.165) is 23.5 Å². The molecular weight excluding hydrogens is 304 g/mol. The summed E-state index contributed by atoms with van der Waals surface area (Å²) in [4.78, 5) is 10.9. The Balaban J connectivity index is 2.37. The molecule has 1 N–H and O–H groups in total. The third kappa shape index (κ3) is 3.73. The van der Waals surface area contributed by atoms with Crippen LogP contribution in [0.4, 0.5) is 0 Å². The number of hydrogen-bond donors (Lipinski definition) is 1. The zero-order valence-electron chi connectivity index (χ0n) is 14.0. The third-order valence-corrected chi connectivity index (χ3v) is 3.99. The normalized spacial score (nSPS) is 11.3. The summed E-state index contributed by atoms with van der Waals surface area (Å²) in [5, 5.41) is 18.4. The quantitative estimate of drug-likeness (QED) is 0.825. The van der Waals surface area contributed by atoms with Crippen molar-refractivity contribution in [3.8, 4) is 6.07 Å². The van der Waals surface area contributed by atoms with E-state index in [0.29, 0.717) is 17.7 Å². The molecule has 0 spiro atoms. The summed E-state index contributed by atoms with van der Waals surface area (Å²) >= 11 is 0. The molecule has 0 amide bonds.